The Balaban J connectivity index is 2.92. The van der Waals surface area contributed by atoms with Gasteiger partial charge in [-0.15, -0.1) is 0 Å². The normalized spacial score (nSPS) is 11.2. The fourth-order valence-electron chi connectivity index (χ4n) is 2.84. The Morgan fingerprint density at radius 1 is 0.857 bits per heavy atom. The highest BCUT2D eigenvalue weighted by molar-refractivity contribution is 5.93. The van der Waals surface area contributed by atoms with Gasteiger partial charge in [0.2, 0.25) is 0 Å². The first-order chi connectivity index (χ1) is 13.1. The molecule has 0 saturated carbocycles. The second-order valence-electron chi connectivity index (χ2n) is 5.84. The van der Waals surface area contributed by atoms with Crippen molar-refractivity contribution in [1.29, 1.82) is 0 Å². The minimum atomic E-state index is -2.37. The molecule has 10 nitrogen and oxygen atoms in total. The van der Waals surface area contributed by atoms with Crippen molar-refractivity contribution in [2.75, 3.05) is 13.1 Å². The standard InChI is InChI=1S/C18H18N2O8/c19-5-6-20-18(17(27)28,11-7-9(15(23)24)1-3-13(11)21)12-8-10(16(25)26)2-4-14(12)22/h1-4,7-8,20-22H,5-6,19H2,(H,23,24)(H,25,26)(H,27,28). The molecule has 2 rings (SSSR count). The summed E-state index contributed by atoms with van der Waals surface area (Å²) < 4.78 is 0. The number of benzene rings is 2. The number of hydrogen-bond acceptors (Lipinski definition) is 7. The van der Waals surface area contributed by atoms with E-state index in [0.29, 0.717) is 0 Å². The minimum absolute atomic E-state index is 0.0339. The van der Waals surface area contributed by atoms with Crippen molar-refractivity contribution < 1.29 is 39.9 Å². The Kier molecular flexibility index (Phi) is 5.87. The van der Waals surface area contributed by atoms with Crippen molar-refractivity contribution in [1.82, 2.24) is 5.32 Å². The van der Waals surface area contributed by atoms with Crippen LogP contribution in [0.2, 0.25) is 0 Å². The number of aromatic carboxylic acids is 2. The van der Waals surface area contributed by atoms with Gasteiger partial charge in [0.15, 0.2) is 5.54 Å². The molecule has 0 aromatic heterocycles. The highest BCUT2D eigenvalue weighted by Gasteiger charge is 2.46. The third-order valence-electron chi connectivity index (χ3n) is 4.15. The van der Waals surface area contributed by atoms with Crippen LogP contribution >= 0.6 is 0 Å². The summed E-state index contributed by atoms with van der Waals surface area (Å²) in [6.07, 6.45) is 0. The average Bonchev–Trinajstić information content (AvgIpc) is 2.63. The zero-order valence-electron chi connectivity index (χ0n) is 14.4. The van der Waals surface area contributed by atoms with Crippen LogP contribution in [0.1, 0.15) is 31.8 Å². The van der Waals surface area contributed by atoms with E-state index in [-0.39, 0.29) is 24.2 Å². The molecule has 0 radical (unpaired) electrons. The van der Waals surface area contributed by atoms with Gasteiger partial charge in [-0.05, 0) is 36.4 Å². The van der Waals surface area contributed by atoms with E-state index in [1.54, 1.807) is 0 Å². The predicted molar refractivity (Wildman–Crippen MR) is 95.6 cm³/mol. The van der Waals surface area contributed by atoms with Gasteiger partial charge in [-0.1, -0.05) is 0 Å². The largest absolute Gasteiger partial charge is 0.508 e. The first kappa shape index (κ1) is 20.7. The third-order valence-corrected chi connectivity index (χ3v) is 4.15. The van der Waals surface area contributed by atoms with Crippen LogP contribution in [0.15, 0.2) is 36.4 Å². The van der Waals surface area contributed by atoms with Gasteiger partial charge in [0.25, 0.3) is 0 Å². The summed E-state index contributed by atoms with van der Waals surface area (Å²) in [6, 6.07) is 6.01. The lowest BCUT2D eigenvalue weighted by Crippen LogP contribution is -2.52. The van der Waals surface area contributed by atoms with Crippen LogP contribution in [0.5, 0.6) is 11.5 Å². The monoisotopic (exact) mass is 390 g/mol. The van der Waals surface area contributed by atoms with Crippen LogP contribution in [-0.2, 0) is 10.3 Å². The van der Waals surface area contributed by atoms with Gasteiger partial charge < -0.3 is 31.3 Å². The number of hydrogen-bond donors (Lipinski definition) is 7. The van der Waals surface area contributed by atoms with Crippen molar-refractivity contribution >= 4 is 17.9 Å². The van der Waals surface area contributed by atoms with Gasteiger partial charge in [-0.25, -0.2) is 14.4 Å². The summed E-state index contributed by atoms with van der Waals surface area (Å²) in [5, 5.41) is 51.7. The number of carboxylic acid groups (broad SMARTS) is 3. The second-order valence-corrected chi connectivity index (χ2v) is 5.84. The number of carboxylic acids is 3. The number of phenolic OH excluding ortho intramolecular Hbond substituents is 2. The molecular formula is C18H18N2O8. The maximum Gasteiger partial charge on any atom is 0.335 e. The molecule has 0 aliphatic heterocycles. The van der Waals surface area contributed by atoms with Crippen LogP contribution in [-0.4, -0.2) is 56.5 Å². The van der Waals surface area contributed by atoms with E-state index in [1.165, 1.54) is 0 Å². The zero-order valence-corrected chi connectivity index (χ0v) is 14.4. The number of nitrogens with one attached hydrogen (secondary N) is 1. The first-order valence-corrected chi connectivity index (χ1v) is 7.97. The van der Waals surface area contributed by atoms with Crippen LogP contribution < -0.4 is 11.1 Å². The van der Waals surface area contributed by atoms with Crippen LogP contribution in [0, 0.1) is 0 Å². The molecule has 8 N–H and O–H groups in total. The van der Waals surface area contributed by atoms with Gasteiger partial charge in [0.1, 0.15) is 11.5 Å². The van der Waals surface area contributed by atoms with Crippen LogP contribution in [0.3, 0.4) is 0 Å². The fourth-order valence-corrected chi connectivity index (χ4v) is 2.84. The molecule has 0 spiro atoms. The predicted octanol–water partition coefficient (Wildman–Crippen LogP) is 0.371. The molecular weight excluding hydrogens is 372 g/mol. The van der Waals surface area contributed by atoms with Crippen molar-refractivity contribution in [3.05, 3.63) is 58.7 Å². The Bertz CT molecular complexity index is 878. The highest BCUT2D eigenvalue weighted by Crippen LogP contribution is 2.40. The van der Waals surface area contributed by atoms with E-state index >= 15 is 0 Å². The average molecular weight is 390 g/mol. The summed E-state index contributed by atoms with van der Waals surface area (Å²) in [7, 11) is 0. The molecule has 2 aromatic rings. The summed E-state index contributed by atoms with van der Waals surface area (Å²) in [5.74, 6) is -5.50. The molecule has 0 aliphatic rings. The lowest BCUT2D eigenvalue weighted by molar-refractivity contribution is -0.143. The SMILES string of the molecule is NCCNC(C(=O)O)(c1cc(C(=O)O)ccc1O)c1cc(C(=O)O)ccc1O. The molecule has 0 bridgehead atoms. The Morgan fingerprint density at radius 3 is 1.61 bits per heavy atom. The second kappa shape index (κ2) is 7.94. The molecule has 0 amide bonds. The van der Waals surface area contributed by atoms with Crippen molar-refractivity contribution in [2.24, 2.45) is 5.73 Å². The fraction of sp³-hybridized carbons (Fsp3) is 0.167. The van der Waals surface area contributed by atoms with Crippen molar-refractivity contribution in [3.63, 3.8) is 0 Å². The van der Waals surface area contributed by atoms with Crippen molar-refractivity contribution in [3.8, 4) is 11.5 Å². The molecule has 0 aliphatic carbocycles. The maximum atomic E-state index is 12.4. The van der Waals surface area contributed by atoms with E-state index < -0.39 is 46.1 Å². The van der Waals surface area contributed by atoms with E-state index in [2.05, 4.69) is 5.32 Å². The molecule has 0 unspecified atom stereocenters. The van der Waals surface area contributed by atoms with E-state index in [4.69, 9.17) is 5.73 Å². The molecule has 0 atom stereocenters. The van der Waals surface area contributed by atoms with Crippen LogP contribution in [0.4, 0.5) is 0 Å². The van der Waals surface area contributed by atoms with Gasteiger partial charge in [-0.2, -0.15) is 0 Å². The molecule has 148 valence electrons. The number of phenols is 2. The molecule has 2 aromatic carbocycles. The quantitative estimate of drug-likeness (QED) is 0.331. The highest BCUT2D eigenvalue weighted by atomic mass is 16.4. The maximum absolute atomic E-state index is 12.4. The van der Waals surface area contributed by atoms with Crippen molar-refractivity contribution in [2.45, 2.75) is 5.54 Å². The molecule has 0 fully saturated rings. The molecule has 10 heteroatoms. The summed E-state index contributed by atoms with van der Waals surface area (Å²) in [5.41, 5.74) is 1.66. The van der Waals surface area contributed by atoms with Gasteiger partial charge >= 0.3 is 17.9 Å². The van der Waals surface area contributed by atoms with Gasteiger partial charge in [0.05, 0.1) is 11.1 Å². The van der Waals surface area contributed by atoms with Crippen LogP contribution in [0.25, 0.3) is 0 Å². The minimum Gasteiger partial charge on any atom is -0.508 e. The third kappa shape index (κ3) is 3.59. The smallest absolute Gasteiger partial charge is 0.335 e. The number of aromatic hydroxyl groups is 2. The number of nitrogens with two attached hydrogens (primary N) is 1. The number of aliphatic carboxylic acids is 1. The molecule has 0 heterocycles. The zero-order chi connectivity index (χ0) is 21.1. The Morgan fingerprint density at radius 2 is 1.29 bits per heavy atom. The Hall–Kier alpha value is -3.63. The molecule has 0 saturated heterocycles. The Labute approximate surface area is 158 Å². The summed E-state index contributed by atoms with van der Waals surface area (Å²) in [4.78, 5) is 35.0. The lowest BCUT2D eigenvalue weighted by Gasteiger charge is -2.33. The summed E-state index contributed by atoms with van der Waals surface area (Å²) in [6.45, 7) is -0.145. The van der Waals surface area contributed by atoms with E-state index in [9.17, 15) is 39.9 Å². The first-order valence-electron chi connectivity index (χ1n) is 7.97. The lowest BCUT2D eigenvalue weighted by atomic mass is 9.80. The number of rotatable bonds is 8. The summed E-state index contributed by atoms with van der Waals surface area (Å²) >= 11 is 0. The molecule has 28 heavy (non-hydrogen) atoms. The van der Waals surface area contributed by atoms with E-state index in [0.717, 1.165) is 36.4 Å². The van der Waals surface area contributed by atoms with Gasteiger partial charge in [0, 0.05) is 24.2 Å². The number of carbonyl (C=O) groups is 3. The van der Waals surface area contributed by atoms with Gasteiger partial charge in [-0.3, -0.25) is 5.32 Å². The van der Waals surface area contributed by atoms with E-state index in [1.807, 2.05) is 0 Å². The topological polar surface area (TPSA) is 190 Å².